The summed E-state index contributed by atoms with van der Waals surface area (Å²) in [5.74, 6) is 0. The van der Waals surface area contributed by atoms with E-state index < -0.39 is 5.24 Å². The van der Waals surface area contributed by atoms with Crippen molar-refractivity contribution in [3.8, 4) is 0 Å². The molecule has 0 saturated heterocycles. The second-order valence-electron chi connectivity index (χ2n) is 2.35. The Labute approximate surface area is 73.6 Å². The third kappa shape index (κ3) is 0.987. The molecule has 0 fully saturated rings. The zero-order valence-corrected chi connectivity index (χ0v) is 6.82. The maximum atomic E-state index is 10.8. The second kappa shape index (κ2) is 2.60. The quantitative estimate of drug-likeness (QED) is 0.627. The van der Waals surface area contributed by atoms with E-state index in [1.54, 1.807) is 10.6 Å². The maximum absolute atomic E-state index is 10.8. The molecule has 0 radical (unpaired) electrons. The third-order valence-corrected chi connectivity index (χ3v) is 1.81. The van der Waals surface area contributed by atoms with Gasteiger partial charge in [0, 0.05) is 6.20 Å². The molecule has 12 heavy (non-hydrogen) atoms. The van der Waals surface area contributed by atoms with E-state index in [9.17, 15) is 4.79 Å². The molecule has 0 bridgehead atoms. The Kier molecular flexibility index (Phi) is 1.59. The standard InChI is InChI=1S/C8H5ClN2O/c9-8(12)6-5-10-7-3-1-2-4-11(6)7/h1-5H. The molecule has 0 saturated carbocycles. The summed E-state index contributed by atoms with van der Waals surface area (Å²) >= 11 is 5.32. The molecule has 2 aromatic heterocycles. The highest BCUT2D eigenvalue weighted by atomic mass is 35.5. The molecule has 0 spiro atoms. The summed E-state index contributed by atoms with van der Waals surface area (Å²) in [6, 6.07) is 5.48. The van der Waals surface area contributed by atoms with Crippen molar-refractivity contribution in [2.24, 2.45) is 0 Å². The Balaban J connectivity index is 2.79. The first-order valence-corrected chi connectivity index (χ1v) is 3.79. The number of carbonyl (C=O) groups excluding carboxylic acids is 1. The minimum atomic E-state index is -0.492. The summed E-state index contributed by atoms with van der Waals surface area (Å²) in [4.78, 5) is 14.8. The lowest BCUT2D eigenvalue weighted by Gasteiger charge is -1.93. The Hall–Kier alpha value is -1.35. The third-order valence-electron chi connectivity index (χ3n) is 1.62. The van der Waals surface area contributed by atoms with Gasteiger partial charge < -0.3 is 0 Å². The van der Waals surface area contributed by atoms with Crippen LogP contribution < -0.4 is 0 Å². The molecule has 0 amide bonds. The lowest BCUT2D eigenvalue weighted by Crippen LogP contribution is -1.94. The van der Waals surface area contributed by atoms with E-state index >= 15 is 0 Å². The highest BCUT2D eigenvalue weighted by Crippen LogP contribution is 2.07. The topological polar surface area (TPSA) is 34.4 Å². The number of halogens is 1. The molecular formula is C8H5ClN2O. The SMILES string of the molecule is O=C(Cl)c1cnc2ccccn12. The van der Waals surface area contributed by atoms with Gasteiger partial charge in [0.25, 0.3) is 5.24 Å². The van der Waals surface area contributed by atoms with E-state index in [0.29, 0.717) is 5.69 Å². The lowest BCUT2D eigenvalue weighted by atomic mass is 10.4. The molecule has 2 rings (SSSR count). The number of imidazole rings is 1. The maximum Gasteiger partial charge on any atom is 0.270 e. The Morgan fingerprint density at radius 3 is 3.08 bits per heavy atom. The van der Waals surface area contributed by atoms with Gasteiger partial charge in [0.2, 0.25) is 0 Å². The number of nitrogens with zero attached hydrogens (tertiary/aromatic N) is 2. The summed E-state index contributed by atoms with van der Waals surface area (Å²) in [5.41, 5.74) is 1.12. The molecule has 0 aliphatic carbocycles. The number of rotatable bonds is 1. The smallest absolute Gasteiger partial charge is 0.270 e. The van der Waals surface area contributed by atoms with Crippen molar-refractivity contribution in [2.75, 3.05) is 0 Å². The van der Waals surface area contributed by atoms with Crippen LogP contribution >= 0.6 is 11.6 Å². The van der Waals surface area contributed by atoms with Crippen LogP contribution in [0.5, 0.6) is 0 Å². The van der Waals surface area contributed by atoms with E-state index in [1.165, 1.54) is 6.20 Å². The van der Waals surface area contributed by atoms with Crippen molar-refractivity contribution >= 4 is 22.5 Å². The molecule has 2 aromatic rings. The molecule has 0 aromatic carbocycles. The predicted octanol–water partition coefficient (Wildman–Crippen LogP) is 1.71. The first kappa shape index (κ1) is 7.31. The summed E-state index contributed by atoms with van der Waals surface area (Å²) in [5, 5.41) is -0.492. The Morgan fingerprint density at radius 1 is 1.50 bits per heavy atom. The van der Waals surface area contributed by atoms with E-state index in [4.69, 9.17) is 11.6 Å². The molecule has 4 heteroatoms. The second-order valence-corrected chi connectivity index (χ2v) is 2.69. The minimum absolute atomic E-state index is 0.396. The van der Waals surface area contributed by atoms with Crippen LogP contribution in [0.25, 0.3) is 5.65 Å². The number of hydrogen-bond acceptors (Lipinski definition) is 2. The van der Waals surface area contributed by atoms with Crippen LogP contribution in [0.4, 0.5) is 0 Å². The molecule has 3 nitrogen and oxygen atoms in total. The van der Waals surface area contributed by atoms with Gasteiger partial charge in [-0.3, -0.25) is 9.20 Å². The largest absolute Gasteiger partial charge is 0.296 e. The monoisotopic (exact) mass is 180 g/mol. The molecule has 0 N–H and O–H groups in total. The van der Waals surface area contributed by atoms with Crippen molar-refractivity contribution in [1.29, 1.82) is 0 Å². The van der Waals surface area contributed by atoms with Crippen molar-refractivity contribution in [3.63, 3.8) is 0 Å². The van der Waals surface area contributed by atoms with E-state index in [2.05, 4.69) is 4.98 Å². The highest BCUT2D eigenvalue weighted by Gasteiger charge is 2.07. The number of fused-ring (bicyclic) bond motifs is 1. The van der Waals surface area contributed by atoms with Crippen LogP contribution in [0.1, 0.15) is 10.5 Å². The fourth-order valence-corrected chi connectivity index (χ4v) is 1.22. The molecular weight excluding hydrogens is 176 g/mol. The van der Waals surface area contributed by atoms with Gasteiger partial charge in [-0.25, -0.2) is 4.98 Å². The zero-order valence-electron chi connectivity index (χ0n) is 6.07. The fourth-order valence-electron chi connectivity index (χ4n) is 1.08. The van der Waals surface area contributed by atoms with Crippen LogP contribution in [0.3, 0.4) is 0 Å². The highest BCUT2D eigenvalue weighted by molar-refractivity contribution is 6.67. The van der Waals surface area contributed by atoms with E-state index in [0.717, 1.165) is 5.65 Å². The van der Waals surface area contributed by atoms with Crippen molar-refractivity contribution in [3.05, 3.63) is 36.3 Å². The van der Waals surface area contributed by atoms with Crippen LogP contribution in [0.15, 0.2) is 30.6 Å². The number of pyridine rings is 1. The summed E-state index contributed by atoms with van der Waals surface area (Å²) in [6.45, 7) is 0. The summed E-state index contributed by atoms with van der Waals surface area (Å²) in [6.07, 6.45) is 3.21. The normalized spacial score (nSPS) is 10.4. The molecule has 60 valence electrons. The van der Waals surface area contributed by atoms with Gasteiger partial charge in [0.1, 0.15) is 11.3 Å². The van der Waals surface area contributed by atoms with Gasteiger partial charge in [0.05, 0.1) is 6.20 Å². The van der Waals surface area contributed by atoms with E-state index in [1.807, 2.05) is 18.2 Å². The lowest BCUT2D eigenvalue weighted by molar-refractivity contribution is 0.107. The molecule has 0 atom stereocenters. The van der Waals surface area contributed by atoms with Gasteiger partial charge in [-0.1, -0.05) is 6.07 Å². The first-order chi connectivity index (χ1) is 5.79. The van der Waals surface area contributed by atoms with Gasteiger partial charge >= 0.3 is 0 Å². The minimum Gasteiger partial charge on any atom is -0.296 e. The molecule has 0 aliphatic rings. The van der Waals surface area contributed by atoms with Crippen LogP contribution in [-0.4, -0.2) is 14.6 Å². The molecule has 2 heterocycles. The zero-order chi connectivity index (χ0) is 8.55. The predicted molar refractivity (Wildman–Crippen MR) is 45.4 cm³/mol. The summed E-state index contributed by atoms with van der Waals surface area (Å²) < 4.78 is 1.65. The van der Waals surface area contributed by atoms with Crippen LogP contribution in [-0.2, 0) is 0 Å². The van der Waals surface area contributed by atoms with Crippen LogP contribution in [0.2, 0.25) is 0 Å². The number of hydrogen-bond donors (Lipinski definition) is 0. The van der Waals surface area contributed by atoms with Gasteiger partial charge in [-0.05, 0) is 23.7 Å². The summed E-state index contributed by atoms with van der Waals surface area (Å²) in [7, 11) is 0. The van der Waals surface area contributed by atoms with Crippen molar-refractivity contribution in [1.82, 2.24) is 9.38 Å². The molecule has 0 aliphatic heterocycles. The average Bonchev–Trinajstić information content (AvgIpc) is 2.47. The van der Waals surface area contributed by atoms with Crippen molar-refractivity contribution < 1.29 is 4.79 Å². The number of aromatic nitrogens is 2. The van der Waals surface area contributed by atoms with Crippen molar-refractivity contribution in [2.45, 2.75) is 0 Å². The van der Waals surface area contributed by atoms with Crippen LogP contribution in [0, 0.1) is 0 Å². The van der Waals surface area contributed by atoms with Gasteiger partial charge in [-0.15, -0.1) is 0 Å². The Bertz CT molecular complexity index is 435. The van der Waals surface area contributed by atoms with Gasteiger partial charge in [-0.2, -0.15) is 0 Å². The Morgan fingerprint density at radius 2 is 2.33 bits per heavy atom. The van der Waals surface area contributed by atoms with Gasteiger partial charge in [0.15, 0.2) is 0 Å². The fraction of sp³-hybridized carbons (Fsp3) is 0. The molecule has 0 unspecified atom stereocenters. The average molecular weight is 181 g/mol. The number of carbonyl (C=O) groups is 1. The van der Waals surface area contributed by atoms with E-state index in [-0.39, 0.29) is 0 Å². The first-order valence-electron chi connectivity index (χ1n) is 3.41.